The third-order valence-corrected chi connectivity index (χ3v) is 4.40. The molecule has 2 rings (SSSR count). The second-order valence-electron chi connectivity index (χ2n) is 6.12. The number of benzene rings is 2. The molecule has 2 aromatic carbocycles. The van der Waals surface area contributed by atoms with Crippen LogP contribution >= 0.6 is 0 Å². The van der Waals surface area contributed by atoms with Crippen LogP contribution < -0.4 is 4.74 Å². The highest BCUT2D eigenvalue weighted by Gasteiger charge is 2.19. The first-order valence-electron chi connectivity index (χ1n) is 8.59. The fourth-order valence-corrected chi connectivity index (χ4v) is 2.53. The van der Waals surface area contributed by atoms with Gasteiger partial charge in [0.2, 0.25) is 0 Å². The highest BCUT2D eigenvalue weighted by molar-refractivity contribution is 5.95. The highest BCUT2D eigenvalue weighted by Crippen LogP contribution is 2.23. The van der Waals surface area contributed by atoms with Crippen molar-refractivity contribution in [1.29, 1.82) is 0 Å². The van der Waals surface area contributed by atoms with E-state index in [-0.39, 0.29) is 30.0 Å². The summed E-state index contributed by atoms with van der Waals surface area (Å²) in [5, 5.41) is 10.9. The first-order chi connectivity index (χ1) is 12.8. The molecule has 142 valence electrons. The van der Waals surface area contributed by atoms with Crippen LogP contribution in [0.15, 0.2) is 48.5 Å². The maximum absolute atomic E-state index is 12.4. The Hall–Kier alpha value is -3.22. The molecule has 27 heavy (non-hydrogen) atoms. The number of nitro groups is 1. The fourth-order valence-electron chi connectivity index (χ4n) is 2.53. The minimum absolute atomic E-state index is 0.0156. The van der Waals surface area contributed by atoms with Gasteiger partial charge in [0.25, 0.3) is 11.6 Å². The monoisotopic (exact) mass is 370 g/mol. The summed E-state index contributed by atoms with van der Waals surface area (Å²) < 4.78 is 5.49. The fraction of sp³-hybridized carbons (Fsp3) is 0.300. The van der Waals surface area contributed by atoms with Crippen LogP contribution in [0.2, 0.25) is 0 Å². The second-order valence-corrected chi connectivity index (χ2v) is 6.12. The van der Waals surface area contributed by atoms with Crippen molar-refractivity contribution < 1.29 is 19.2 Å². The molecule has 7 heteroatoms. The van der Waals surface area contributed by atoms with Gasteiger partial charge in [0.1, 0.15) is 5.75 Å². The second kappa shape index (κ2) is 8.93. The van der Waals surface area contributed by atoms with Crippen LogP contribution in [0.25, 0.3) is 0 Å². The van der Waals surface area contributed by atoms with Gasteiger partial charge in [-0.25, -0.2) is 0 Å². The van der Waals surface area contributed by atoms with Gasteiger partial charge in [0, 0.05) is 31.2 Å². The number of carbonyl (C=O) groups is 2. The SMILES string of the molecule is CCC(=O)c1ccc(OCC(=O)N(C)C(C)c2cccc([N+](=O)[O-])c2)cc1. The molecule has 0 radical (unpaired) electrons. The molecular weight excluding hydrogens is 348 g/mol. The van der Waals surface area contributed by atoms with Gasteiger partial charge in [-0.05, 0) is 36.8 Å². The average molecular weight is 370 g/mol. The molecule has 2 aromatic rings. The summed E-state index contributed by atoms with van der Waals surface area (Å²) >= 11 is 0. The lowest BCUT2D eigenvalue weighted by Gasteiger charge is -2.25. The number of hydrogen-bond acceptors (Lipinski definition) is 5. The average Bonchev–Trinajstić information content (AvgIpc) is 2.70. The Bertz CT molecular complexity index is 833. The molecular formula is C20H22N2O5. The summed E-state index contributed by atoms with van der Waals surface area (Å²) in [6, 6.07) is 12.5. The number of ketones is 1. The summed E-state index contributed by atoms with van der Waals surface area (Å²) in [4.78, 5) is 35.9. The van der Waals surface area contributed by atoms with E-state index in [2.05, 4.69) is 0 Å². The molecule has 0 saturated heterocycles. The molecule has 1 atom stereocenters. The Morgan fingerprint density at radius 3 is 2.44 bits per heavy atom. The third-order valence-electron chi connectivity index (χ3n) is 4.40. The molecule has 1 unspecified atom stereocenters. The van der Waals surface area contributed by atoms with E-state index in [1.165, 1.54) is 17.0 Å². The third kappa shape index (κ3) is 5.13. The van der Waals surface area contributed by atoms with Gasteiger partial charge in [-0.3, -0.25) is 19.7 Å². The number of nitrogens with zero attached hydrogens (tertiary/aromatic N) is 2. The molecule has 0 aliphatic carbocycles. The van der Waals surface area contributed by atoms with Crippen LogP contribution in [0.5, 0.6) is 5.75 Å². The minimum atomic E-state index is -0.464. The van der Waals surface area contributed by atoms with Crippen molar-refractivity contribution in [3.05, 3.63) is 69.8 Å². The maximum Gasteiger partial charge on any atom is 0.269 e. The van der Waals surface area contributed by atoms with E-state index in [0.29, 0.717) is 23.3 Å². The molecule has 0 aromatic heterocycles. The molecule has 0 fully saturated rings. The van der Waals surface area contributed by atoms with Crippen molar-refractivity contribution in [3.63, 3.8) is 0 Å². The molecule has 0 spiro atoms. The number of carbonyl (C=O) groups excluding carboxylic acids is 2. The first kappa shape index (κ1) is 20.1. The number of rotatable bonds is 8. The lowest BCUT2D eigenvalue weighted by Crippen LogP contribution is -2.33. The molecule has 0 aliphatic heterocycles. The van der Waals surface area contributed by atoms with Crippen molar-refractivity contribution in [2.75, 3.05) is 13.7 Å². The van der Waals surface area contributed by atoms with Crippen LogP contribution in [-0.4, -0.2) is 35.2 Å². The maximum atomic E-state index is 12.4. The smallest absolute Gasteiger partial charge is 0.269 e. The number of hydrogen-bond donors (Lipinski definition) is 0. The van der Waals surface area contributed by atoms with Gasteiger partial charge in [0.05, 0.1) is 11.0 Å². The van der Waals surface area contributed by atoms with Crippen LogP contribution in [0.4, 0.5) is 5.69 Å². The normalized spacial score (nSPS) is 11.5. The quantitative estimate of drug-likeness (QED) is 0.401. The van der Waals surface area contributed by atoms with E-state index < -0.39 is 4.92 Å². The van der Waals surface area contributed by atoms with E-state index in [1.807, 2.05) is 0 Å². The van der Waals surface area contributed by atoms with Crippen molar-refractivity contribution in [2.24, 2.45) is 0 Å². The van der Waals surface area contributed by atoms with Crippen molar-refractivity contribution >= 4 is 17.4 Å². The highest BCUT2D eigenvalue weighted by atomic mass is 16.6. The predicted octanol–water partition coefficient (Wildman–Crippen LogP) is 3.79. The standard InChI is InChI=1S/C20H22N2O5/c1-4-19(23)15-8-10-18(11-9-15)27-13-20(24)21(3)14(2)16-6-5-7-17(12-16)22(25)26/h5-12,14H,4,13H2,1-3H3. The van der Waals surface area contributed by atoms with Crippen LogP contribution in [0, 0.1) is 10.1 Å². The number of Topliss-reactive ketones (excluding diaryl/α,β-unsaturated/α-hetero) is 1. The Morgan fingerprint density at radius 1 is 1.19 bits per heavy atom. The van der Waals surface area contributed by atoms with E-state index >= 15 is 0 Å². The zero-order chi connectivity index (χ0) is 20.0. The lowest BCUT2D eigenvalue weighted by atomic mass is 10.1. The Morgan fingerprint density at radius 2 is 1.85 bits per heavy atom. The number of non-ortho nitro benzene ring substituents is 1. The van der Waals surface area contributed by atoms with Gasteiger partial charge < -0.3 is 9.64 Å². The van der Waals surface area contributed by atoms with Gasteiger partial charge >= 0.3 is 0 Å². The summed E-state index contributed by atoms with van der Waals surface area (Å²) in [5.41, 5.74) is 1.26. The zero-order valence-corrected chi connectivity index (χ0v) is 15.5. The summed E-state index contributed by atoms with van der Waals surface area (Å²) in [7, 11) is 1.62. The number of nitro benzene ring substituents is 1. The largest absolute Gasteiger partial charge is 0.484 e. The topological polar surface area (TPSA) is 89.8 Å². The van der Waals surface area contributed by atoms with Crippen LogP contribution in [0.3, 0.4) is 0 Å². The lowest BCUT2D eigenvalue weighted by molar-refractivity contribution is -0.384. The molecule has 0 N–H and O–H groups in total. The van der Waals surface area contributed by atoms with Crippen molar-refractivity contribution in [1.82, 2.24) is 4.90 Å². The van der Waals surface area contributed by atoms with Gasteiger partial charge in [0.15, 0.2) is 12.4 Å². The molecule has 0 saturated carbocycles. The van der Waals surface area contributed by atoms with Crippen LogP contribution in [0.1, 0.15) is 42.2 Å². The molecule has 1 amide bonds. The Kier molecular flexibility index (Phi) is 6.65. The van der Waals surface area contributed by atoms with Gasteiger partial charge in [-0.1, -0.05) is 19.1 Å². The Balaban J connectivity index is 1.97. The first-order valence-corrected chi connectivity index (χ1v) is 8.59. The van der Waals surface area contributed by atoms with Crippen LogP contribution in [-0.2, 0) is 4.79 Å². The summed E-state index contributed by atoms with van der Waals surface area (Å²) in [5.74, 6) is 0.276. The van der Waals surface area contributed by atoms with E-state index in [4.69, 9.17) is 4.74 Å². The summed E-state index contributed by atoms with van der Waals surface area (Å²) in [6.07, 6.45) is 0.430. The minimum Gasteiger partial charge on any atom is -0.484 e. The summed E-state index contributed by atoms with van der Waals surface area (Å²) in [6.45, 7) is 3.42. The van der Waals surface area contributed by atoms with E-state index in [9.17, 15) is 19.7 Å². The van der Waals surface area contributed by atoms with Gasteiger partial charge in [-0.2, -0.15) is 0 Å². The predicted molar refractivity (Wildman–Crippen MR) is 101 cm³/mol. The number of likely N-dealkylation sites (N-methyl/N-ethyl adjacent to an activating group) is 1. The number of amides is 1. The molecule has 0 heterocycles. The molecule has 7 nitrogen and oxygen atoms in total. The van der Waals surface area contributed by atoms with E-state index in [0.717, 1.165) is 0 Å². The molecule has 0 aliphatic rings. The number of ether oxygens (including phenoxy) is 1. The zero-order valence-electron chi connectivity index (χ0n) is 15.5. The Labute approximate surface area is 157 Å². The van der Waals surface area contributed by atoms with Crippen molar-refractivity contribution in [2.45, 2.75) is 26.3 Å². The molecule has 0 bridgehead atoms. The van der Waals surface area contributed by atoms with E-state index in [1.54, 1.807) is 57.3 Å². The van der Waals surface area contributed by atoms with Crippen molar-refractivity contribution in [3.8, 4) is 5.75 Å². The van der Waals surface area contributed by atoms with Gasteiger partial charge in [-0.15, -0.1) is 0 Å².